The Morgan fingerprint density at radius 1 is 1.33 bits per heavy atom. The van der Waals surface area contributed by atoms with E-state index in [-0.39, 0.29) is 5.12 Å². The molecule has 1 fully saturated rings. The molecule has 0 aromatic rings. The number of rotatable bonds is 2. The topological polar surface area (TPSA) is 20.3 Å². The maximum absolute atomic E-state index is 11.3. The molecule has 1 aliphatic heterocycles. The summed E-state index contributed by atoms with van der Waals surface area (Å²) in [5, 5.41) is -0.132. The molecule has 0 atom stereocenters. The van der Waals surface area contributed by atoms with Gasteiger partial charge in [0, 0.05) is 0 Å². The Kier molecular flexibility index (Phi) is 4.17. The van der Waals surface area contributed by atoms with E-state index in [1.807, 2.05) is 11.8 Å². The second-order valence-corrected chi connectivity index (χ2v) is 5.49. The van der Waals surface area contributed by atoms with Crippen molar-refractivity contribution in [3.8, 4) is 0 Å². The van der Waals surface area contributed by atoms with Crippen molar-refractivity contribution in [3.63, 3.8) is 0 Å². The second-order valence-electron chi connectivity index (χ2n) is 2.74. The molecule has 1 rings (SSSR count). The molecule has 2 nitrogen and oxygen atoms in total. The van der Waals surface area contributed by atoms with E-state index in [0.717, 1.165) is 24.3 Å². The van der Waals surface area contributed by atoms with Crippen LogP contribution < -0.4 is 0 Å². The number of hydrogen-bond donors (Lipinski definition) is 3. The summed E-state index contributed by atoms with van der Waals surface area (Å²) in [4.78, 5) is 11.3. The zero-order valence-corrected chi connectivity index (χ0v) is 9.93. The number of carbonyl (C=O) groups is 1. The van der Waals surface area contributed by atoms with Crippen molar-refractivity contribution in [2.45, 2.75) is 18.4 Å². The highest BCUT2D eigenvalue weighted by molar-refractivity contribution is 7.99. The number of thiol groups is 3. The summed E-state index contributed by atoms with van der Waals surface area (Å²) in [6, 6.07) is 0. The van der Waals surface area contributed by atoms with E-state index < -0.39 is 5.54 Å². The zero-order valence-electron chi connectivity index (χ0n) is 6.43. The molecule has 0 radical (unpaired) electrons. The van der Waals surface area contributed by atoms with E-state index in [2.05, 4.69) is 38.3 Å². The minimum atomic E-state index is -0.555. The third-order valence-electron chi connectivity index (χ3n) is 2.10. The van der Waals surface area contributed by atoms with E-state index in [1.54, 1.807) is 0 Å². The van der Waals surface area contributed by atoms with Crippen LogP contribution in [0, 0.1) is 0 Å². The van der Waals surface area contributed by atoms with Gasteiger partial charge in [-0.3, -0.25) is 4.79 Å². The van der Waals surface area contributed by atoms with E-state index in [1.165, 1.54) is 3.71 Å². The smallest absolute Gasteiger partial charge is 0.208 e. The first-order valence-corrected chi connectivity index (χ1v) is 5.99. The van der Waals surface area contributed by atoms with Crippen LogP contribution in [-0.4, -0.2) is 25.9 Å². The maximum Gasteiger partial charge on any atom is 0.208 e. The van der Waals surface area contributed by atoms with E-state index in [0.29, 0.717) is 0 Å². The summed E-state index contributed by atoms with van der Waals surface area (Å²) in [5.74, 6) is 1.95. The Morgan fingerprint density at radius 2 is 1.83 bits per heavy atom. The molecule has 0 aliphatic carbocycles. The lowest BCUT2D eigenvalue weighted by atomic mass is 9.95. The first-order valence-electron chi connectivity index (χ1n) is 3.59. The molecule has 1 saturated heterocycles. The predicted molar refractivity (Wildman–Crippen MR) is 63.1 cm³/mol. The summed E-state index contributed by atoms with van der Waals surface area (Å²) in [5.41, 5.74) is -0.555. The minimum Gasteiger partial charge on any atom is -0.285 e. The molecule has 0 amide bonds. The average molecular weight is 241 g/mol. The van der Waals surface area contributed by atoms with E-state index in [9.17, 15) is 4.79 Å². The molecule has 0 N–H and O–H groups in total. The monoisotopic (exact) mass is 241 g/mol. The fraction of sp³-hybridized carbons (Fsp3) is 0.833. The first kappa shape index (κ1) is 11.1. The predicted octanol–water partition coefficient (Wildman–Crippen LogP) is 1.70. The van der Waals surface area contributed by atoms with Gasteiger partial charge in [-0.25, -0.2) is 0 Å². The molecule has 0 bridgehead atoms. The normalized spacial score (nSPS) is 22.7. The molecule has 0 saturated carbocycles. The van der Waals surface area contributed by atoms with Gasteiger partial charge >= 0.3 is 0 Å². The Morgan fingerprint density at radius 3 is 2.08 bits per heavy atom. The Bertz CT molecular complexity index is 178. The van der Waals surface area contributed by atoms with Crippen molar-refractivity contribution in [2.24, 2.45) is 0 Å². The summed E-state index contributed by atoms with van der Waals surface area (Å²) in [6.07, 6.45) is 1.57. The summed E-state index contributed by atoms with van der Waals surface area (Å²) >= 11 is 13.9. The Balaban J connectivity index is 2.77. The molecule has 1 heterocycles. The zero-order chi connectivity index (χ0) is 9.19. The highest BCUT2D eigenvalue weighted by Crippen LogP contribution is 2.36. The average Bonchev–Trinajstić information content (AvgIpc) is 2.05. The van der Waals surface area contributed by atoms with Gasteiger partial charge < -0.3 is 0 Å². The van der Waals surface area contributed by atoms with Crippen LogP contribution in [0.1, 0.15) is 12.8 Å². The van der Waals surface area contributed by atoms with Gasteiger partial charge in [0.15, 0.2) is 0 Å². The summed E-state index contributed by atoms with van der Waals surface area (Å²) in [6.45, 7) is 0. The molecular formula is C6H11NOS4. The van der Waals surface area contributed by atoms with Crippen LogP contribution in [-0.2, 0) is 4.79 Å². The fourth-order valence-electron chi connectivity index (χ4n) is 1.21. The highest BCUT2D eigenvalue weighted by atomic mass is 32.2. The Labute approximate surface area is 93.3 Å². The van der Waals surface area contributed by atoms with Crippen LogP contribution in [0.25, 0.3) is 0 Å². The third-order valence-corrected chi connectivity index (χ3v) is 4.27. The van der Waals surface area contributed by atoms with Gasteiger partial charge in [0.05, 0.1) is 0 Å². The van der Waals surface area contributed by atoms with Crippen LogP contribution in [0.2, 0.25) is 0 Å². The molecule has 12 heavy (non-hydrogen) atoms. The first-order chi connectivity index (χ1) is 5.59. The van der Waals surface area contributed by atoms with Gasteiger partial charge in [0.1, 0.15) is 5.54 Å². The van der Waals surface area contributed by atoms with Crippen LogP contribution >= 0.6 is 50.0 Å². The quantitative estimate of drug-likeness (QED) is 0.640. The van der Waals surface area contributed by atoms with Crippen molar-refractivity contribution < 1.29 is 4.79 Å². The highest BCUT2D eigenvalue weighted by Gasteiger charge is 2.41. The molecule has 70 valence electrons. The molecule has 6 heteroatoms. The van der Waals surface area contributed by atoms with Crippen molar-refractivity contribution in [3.05, 3.63) is 0 Å². The molecule has 0 unspecified atom stereocenters. The van der Waals surface area contributed by atoms with Crippen molar-refractivity contribution in [2.75, 3.05) is 11.5 Å². The van der Waals surface area contributed by atoms with E-state index >= 15 is 0 Å². The van der Waals surface area contributed by atoms with Gasteiger partial charge in [-0.1, -0.05) is 25.6 Å². The van der Waals surface area contributed by atoms with Crippen LogP contribution in [0.15, 0.2) is 0 Å². The van der Waals surface area contributed by atoms with E-state index in [4.69, 9.17) is 0 Å². The third kappa shape index (κ3) is 2.09. The Hall–Kier alpha value is 1.03. The van der Waals surface area contributed by atoms with Crippen LogP contribution in [0.5, 0.6) is 0 Å². The van der Waals surface area contributed by atoms with Crippen molar-refractivity contribution >= 4 is 55.1 Å². The molecular weight excluding hydrogens is 230 g/mol. The maximum atomic E-state index is 11.3. The SMILES string of the molecule is O=C(S)C1(N(S)S)CCSCC1. The fourth-order valence-corrected chi connectivity index (χ4v) is 3.44. The van der Waals surface area contributed by atoms with Gasteiger partial charge in [-0.2, -0.15) is 15.5 Å². The lowest BCUT2D eigenvalue weighted by molar-refractivity contribution is -0.117. The molecule has 0 spiro atoms. The number of hydrogen-bond acceptors (Lipinski definition) is 5. The van der Waals surface area contributed by atoms with Gasteiger partial charge in [0.25, 0.3) is 0 Å². The second kappa shape index (κ2) is 4.50. The van der Waals surface area contributed by atoms with Crippen molar-refractivity contribution in [1.82, 2.24) is 3.71 Å². The minimum absolute atomic E-state index is 0.132. The van der Waals surface area contributed by atoms with Gasteiger partial charge in [-0.15, -0.1) is 12.6 Å². The molecule has 1 aliphatic rings. The number of nitrogens with zero attached hydrogens (tertiary/aromatic N) is 1. The van der Waals surface area contributed by atoms with Crippen LogP contribution in [0.4, 0.5) is 0 Å². The summed E-state index contributed by atoms with van der Waals surface area (Å²) < 4.78 is 1.40. The van der Waals surface area contributed by atoms with Crippen molar-refractivity contribution in [1.29, 1.82) is 0 Å². The largest absolute Gasteiger partial charge is 0.285 e. The lowest BCUT2D eigenvalue weighted by Gasteiger charge is -2.37. The lowest BCUT2D eigenvalue weighted by Crippen LogP contribution is -2.47. The number of carbonyl (C=O) groups excluding carboxylic acids is 1. The summed E-state index contributed by atoms with van der Waals surface area (Å²) in [7, 11) is 0. The number of thioether (sulfide) groups is 1. The molecule has 0 aromatic heterocycles. The van der Waals surface area contributed by atoms with Gasteiger partial charge in [0.2, 0.25) is 5.12 Å². The van der Waals surface area contributed by atoms with Crippen LogP contribution in [0.3, 0.4) is 0 Å². The van der Waals surface area contributed by atoms with Gasteiger partial charge in [-0.05, 0) is 24.3 Å². The standard InChI is InChI=1S/C6H11NOS4/c8-5(9)6(7(10)11)1-3-12-4-2-6/h10-11H,1-4H2,(H,8,9). The molecule has 0 aromatic carbocycles.